The van der Waals surface area contributed by atoms with Crippen molar-refractivity contribution in [2.75, 3.05) is 13.1 Å². The summed E-state index contributed by atoms with van der Waals surface area (Å²) in [7, 11) is -3.32. The Morgan fingerprint density at radius 1 is 1.62 bits per heavy atom. The molecule has 0 saturated heterocycles. The molecule has 0 aliphatic carbocycles. The Labute approximate surface area is 81.8 Å². The third-order valence-electron chi connectivity index (χ3n) is 1.50. The molecule has 74 valence electrons. The van der Waals surface area contributed by atoms with Gasteiger partial charge in [0.2, 0.25) is 10.0 Å². The highest BCUT2D eigenvalue weighted by Gasteiger charge is 2.16. The van der Waals surface area contributed by atoms with Crippen molar-refractivity contribution in [3.63, 3.8) is 0 Å². The van der Waals surface area contributed by atoms with Crippen LogP contribution in [0.3, 0.4) is 0 Å². The standard InChI is InChI=1S/C7H12N2O2S2/c1-6-2-5-12-7(6)13(10,11)9-4-3-8/h2,5,9H,3-4,8H2,1H3. The first kappa shape index (κ1) is 10.6. The number of nitrogens with one attached hydrogen (secondary N) is 1. The van der Waals surface area contributed by atoms with Gasteiger partial charge in [0.05, 0.1) is 0 Å². The second kappa shape index (κ2) is 4.19. The van der Waals surface area contributed by atoms with Crippen LogP contribution in [0.5, 0.6) is 0 Å². The Hall–Kier alpha value is -0.430. The average Bonchev–Trinajstić information content (AvgIpc) is 2.48. The van der Waals surface area contributed by atoms with Crippen LogP contribution >= 0.6 is 11.3 Å². The highest BCUT2D eigenvalue weighted by molar-refractivity contribution is 7.91. The van der Waals surface area contributed by atoms with Gasteiger partial charge >= 0.3 is 0 Å². The van der Waals surface area contributed by atoms with Gasteiger partial charge in [0.25, 0.3) is 0 Å². The molecule has 13 heavy (non-hydrogen) atoms. The first-order valence-corrected chi connectivity index (χ1v) is 6.18. The van der Waals surface area contributed by atoms with Crippen LogP contribution in [0.4, 0.5) is 0 Å². The van der Waals surface area contributed by atoms with E-state index in [0.717, 1.165) is 5.56 Å². The van der Waals surface area contributed by atoms with Gasteiger partial charge in [-0.3, -0.25) is 0 Å². The van der Waals surface area contributed by atoms with Crippen molar-refractivity contribution in [3.8, 4) is 0 Å². The zero-order valence-corrected chi connectivity index (χ0v) is 8.91. The van der Waals surface area contributed by atoms with Crippen molar-refractivity contribution in [1.29, 1.82) is 0 Å². The Kier molecular flexibility index (Phi) is 3.43. The molecule has 1 aromatic heterocycles. The number of aryl methyl sites for hydroxylation is 1. The van der Waals surface area contributed by atoms with Crippen LogP contribution in [0.1, 0.15) is 5.56 Å². The third kappa shape index (κ3) is 2.50. The molecular weight excluding hydrogens is 208 g/mol. The molecule has 0 amide bonds. The molecule has 0 saturated carbocycles. The summed E-state index contributed by atoms with van der Waals surface area (Å²) in [5, 5.41) is 1.76. The molecule has 0 atom stereocenters. The molecule has 1 rings (SSSR count). The summed E-state index contributed by atoms with van der Waals surface area (Å²) >= 11 is 1.22. The highest BCUT2D eigenvalue weighted by Crippen LogP contribution is 2.20. The number of hydrogen-bond acceptors (Lipinski definition) is 4. The molecule has 0 spiro atoms. The van der Waals surface area contributed by atoms with E-state index in [1.54, 1.807) is 18.4 Å². The number of thiophene rings is 1. The maximum absolute atomic E-state index is 11.5. The molecular formula is C7H12N2O2S2. The van der Waals surface area contributed by atoms with Crippen molar-refractivity contribution in [1.82, 2.24) is 4.72 Å². The molecule has 3 N–H and O–H groups in total. The van der Waals surface area contributed by atoms with Gasteiger partial charge in [0.15, 0.2) is 0 Å². The Morgan fingerprint density at radius 3 is 2.77 bits per heavy atom. The molecule has 0 aromatic carbocycles. The smallest absolute Gasteiger partial charge is 0.250 e. The molecule has 1 heterocycles. The summed E-state index contributed by atoms with van der Waals surface area (Å²) in [6, 6.07) is 1.78. The fourth-order valence-electron chi connectivity index (χ4n) is 0.893. The predicted molar refractivity (Wildman–Crippen MR) is 53.3 cm³/mol. The van der Waals surface area contributed by atoms with E-state index < -0.39 is 10.0 Å². The van der Waals surface area contributed by atoms with Crippen molar-refractivity contribution in [2.45, 2.75) is 11.1 Å². The Bertz CT molecular complexity index is 370. The van der Waals surface area contributed by atoms with Gasteiger partial charge in [-0.25, -0.2) is 13.1 Å². The molecule has 0 fully saturated rings. The Balaban J connectivity index is 2.88. The number of hydrogen-bond donors (Lipinski definition) is 2. The third-order valence-corrected chi connectivity index (χ3v) is 4.65. The van der Waals surface area contributed by atoms with E-state index in [1.807, 2.05) is 0 Å². The van der Waals surface area contributed by atoms with E-state index in [4.69, 9.17) is 5.73 Å². The van der Waals surface area contributed by atoms with Crippen molar-refractivity contribution < 1.29 is 8.42 Å². The first-order valence-electron chi connectivity index (χ1n) is 3.82. The first-order chi connectivity index (χ1) is 6.08. The van der Waals surface area contributed by atoms with E-state index >= 15 is 0 Å². The maximum Gasteiger partial charge on any atom is 0.250 e. The van der Waals surface area contributed by atoms with Crippen molar-refractivity contribution >= 4 is 21.4 Å². The molecule has 0 unspecified atom stereocenters. The molecule has 4 nitrogen and oxygen atoms in total. The minimum atomic E-state index is -3.32. The van der Waals surface area contributed by atoms with E-state index in [2.05, 4.69) is 4.72 Å². The quantitative estimate of drug-likeness (QED) is 0.766. The lowest BCUT2D eigenvalue weighted by molar-refractivity contribution is 0.584. The lowest BCUT2D eigenvalue weighted by Crippen LogP contribution is -2.28. The van der Waals surface area contributed by atoms with Crippen LogP contribution in [0, 0.1) is 6.92 Å². The second-order valence-corrected chi connectivity index (χ2v) is 5.46. The van der Waals surface area contributed by atoms with Gasteiger partial charge < -0.3 is 5.73 Å². The van der Waals surface area contributed by atoms with Crippen LogP contribution < -0.4 is 10.5 Å². The van der Waals surface area contributed by atoms with Crippen LogP contribution in [0.2, 0.25) is 0 Å². The molecule has 0 radical (unpaired) electrons. The summed E-state index contributed by atoms with van der Waals surface area (Å²) in [5.41, 5.74) is 5.98. The van der Waals surface area contributed by atoms with Crippen LogP contribution in [-0.4, -0.2) is 21.5 Å². The molecule has 0 bridgehead atoms. The number of sulfonamides is 1. The fraction of sp³-hybridized carbons (Fsp3) is 0.429. The molecule has 1 aromatic rings. The largest absolute Gasteiger partial charge is 0.329 e. The number of nitrogens with two attached hydrogens (primary N) is 1. The Morgan fingerprint density at radius 2 is 2.31 bits per heavy atom. The van der Waals surface area contributed by atoms with E-state index in [0.29, 0.717) is 10.8 Å². The van der Waals surface area contributed by atoms with Crippen molar-refractivity contribution in [2.24, 2.45) is 5.73 Å². The average molecular weight is 220 g/mol. The number of rotatable bonds is 4. The zero-order chi connectivity index (χ0) is 9.90. The van der Waals surface area contributed by atoms with Gasteiger partial charge in [-0.15, -0.1) is 11.3 Å². The highest BCUT2D eigenvalue weighted by atomic mass is 32.2. The molecule has 0 aliphatic rings. The summed E-state index contributed by atoms with van der Waals surface area (Å²) in [5.74, 6) is 0. The van der Waals surface area contributed by atoms with E-state index in [1.165, 1.54) is 11.3 Å². The summed E-state index contributed by atoms with van der Waals surface area (Å²) in [6.07, 6.45) is 0. The summed E-state index contributed by atoms with van der Waals surface area (Å²) < 4.78 is 25.8. The van der Waals surface area contributed by atoms with Crippen LogP contribution in [0.15, 0.2) is 15.7 Å². The predicted octanol–water partition coefficient (Wildman–Crippen LogP) is 0.294. The van der Waals surface area contributed by atoms with Gasteiger partial charge in [-0.2, -0.15) is 0 Å². The van der Waals surface area contributed by atoms with E-state index in [-0.39, 0.29) is 6.54 Å². The molecule has 0 aliphatic heterocycles. The molecule has 6 heteroatoms. The van der Waals surface area contributed by atoms with Crippen molar-refractivity contribution in [3.05, 3.63) is 17.0 Å². The van der Waals surface area contributed by atoms with Gasteiger partial charge in [0.1, 0.15) is 4.21 Å². The lowest BCUT2D eigenvalue weighted by atomic mass is 10.4. The minimum absolute atomic E-state index is 0.277. The SMILES string of the molecule is Cc1ccsc1S(=O)(=O)NCCN. The van der Waals surface area contributed by atoms with E-state index in [9.17, 15) is 8.42 Å². The monoisotopic (exact) mass is 220 g/mol. The fourth-order valence-corrected chi connectivity index (χ4v) is 3.40. The second-order valence-electron chi connectivity index (χ2n) is 2.58. The van der Waals surface area contributed by atoms with Crippen LogP contribution in [0.25, 0.3) is 0 Å². The summed E-state index contributed by atoms with van der Waals surface area (Å²) in [4.78, 5) is 0. The zero-order valence-electron chi connectivity index (χ0n) is 7.28. The lowest BCUT2D eigenvalue weighted by Gasteiger charge is -2.03. The maximum atomic E-state index is 11.5. The minimum Gasteiger partial charge on any atom is -0.329 e. The van der Waals surface area contributed by atoms with Crippen LogP contribution in [-0.2, 0) is 10.0 Å². The van der Waals surface area contributed by atoms with Gasteiger partial charge in [-0.05, 0) is 23.9 Å². The van der Waals surface area contributed by atoms with Gasteiger partial charge in [0, 0.05) is 13.1 Å². The normalized spacial score (nSPS) is 11.8. The summed E-state index contributed by atoms with van der Waals surface area (Å²) in [6.45, 7) is 2.36. The topological polar surface area (TPSA) is 72.2 Å². The van der Waals surface area contributed by atoms with Gasteiger partial charge in [-0.1, -0.05) is 0 Å².